The van der Waals surface area contributed by atoms with Gasteiger partial charge in [-0.3, -0.25) is 0 Å². The first kappa shape index (κ1) is 4.78. The summed E-state index contributed by atoms with van der Waals surface area (Å²) in [4.78, 5) is 1.36. The van der Waals surface area contributed by atoms with Crippen LogP contribution in [0.5, 0.6) is 0 Å². The van der Waals surface area contributed by atoms with Crippen LogP contribution in [0, 0.1) is 6.92 Å². The van der Waals surface area contributed by atoms with Crippen LogP contribution < -0.4 is 3.96 Å². The third-order valence-corrected chi connectivity index (χ3v) is 1.64. The summed E-state index contributed by atoms with van der Waals surface area (Å²) in [7, 11) is 2.04. The second-order valence-corrected chi connectivity index (χ2v) is 2.97. The molecule has 1 rings (SSSR count). The molecule has 0 saturated heterocycles. The predicted molar refractivity (Wildman–Crippen MR) is 30.2 cm³/mol. The molecule has 1 aromatic heterocycles. The van der Waals surface area contributed by atoms with Crippen molar-refractivity contribution in [2.45, 2.75) is 6.92 Å². The van der Waals surface area contributed by atoms with Gasteiger partial charge < -0.3 is 0 Å². The molecule has 0 atom stereocenters. The summed E-state index contributed by atoms with van der Waals surface area (Å²) in [6.07, 6.45) is 2.06. The average Bonchev–Trinajstić information content (AvgIpc) is 1.87. The average molecular weight is 114 g/mol. The van der Waals surface area contributed by atoms with Crippen LogP contribution in [0.1, 0.15) is 4.88 Å². The molecule has 0 spiro atoms. The number of rotatable bonds is 0. The SMILES string of the molecule is Cc1cc[n+](C)s1. The Morgan fingerprint density at radius 2 is 2.43 bits per heavy atom. The first-order valence-corrected chi connectivity index (χ1v) is 2.99. The Balaban J connectivity index is 3.04. The molecule has 0 aromatic carbocycles. The molecule has 0 N–H and O–H groups in total. The molecule has 0 bridgehead atoms. The summed E-state index contributed by atoms with van der Waals surface area (Å²) in [5.41, 5.74) is 0. The van der Waals surface area contributed by atoms with Crippen molar-refractivity contribution in [3.8, 4) is 0 Å². The molecule has 0 aliphatic rings. The summed E-state index contributed by atoms with van der Waals surface area (Å²) in [5, 5.41) is 0. The molecule has 38 valence electrons. The highest BCUT2D eigenvalue weighted by atomic mass is 32.1. The largest absolute Gasteiger partial charge is 0.184 e. The van der Waals surface area contributed by atoms with Gasteiger partial charge in [-0.2, -0.15) is 0 Å². The Kier molecular flexibility index (Phi) is 1.11. The number of aryl methyl sites for hydroxylation is 2. The van der Waals surface area contributed by atoms with E-state index in [1.54, 1.807) is 11.5 Å². The van der Waals surface area contributed by atoms with Crippen LogP contribution >= 0.6 is 11.5 Å². The quantitative estimate of drug-likeness (QED) is 0.441. The van der Waals surface area contributed by atoms with Gasteiger partial charge >= 0.3 is 0 Å². The van der Waals surface area contributed by atoms with Gasteiger partial charge in [0.05, 0.1) is 4.88 Å². The molecular weight excluding hydrogens is 106 g/mol. The lowest BCUT2D eigenvalue weighted by atomic mass is 10.6. The fraction of sp³-hybridized carbons (Fsp3) is 0.400. The maximum Gasteiger partial charge on any atom is 0.184 e. The smallest absolute Gasteiger partial charge is 0.144 e. The second kappa shape index (κ2) is 1.62. The van der Waals surface area contributed by atoms with Crippen molar-refractivity contribution in [2.24, 2.45) is 7.05 Å². The van der Waals surface area contributed by atoms with E-state index in [0.717, 1.165) is 0 Å². The lowest BCUT2D eigenvalue weighted by Gasteiger charge is -1.64. The zero-order valence-electron chi connectivity index (χ0n) is 4.51. The van der Waals surface area contributed by atoms with E-state index in [9.17, 15) is 0 Å². The first-order chi connectivity index (χ1) is 3.29. The van der Waals surface area contributed by atoms with Gasteiger partial charge in [-0.05, 0) is 6.92 Å². The van der Waals surface area contributed by atoms with Crippen LogP contribution in [-0.4, -0.2) is 0 Å². The fourth-order valence-electron chi connectivity index (χ4n) is 0.498. The molecule has 0 aliphatic heterocycles. The molecular formula is C5H8NS+. The van der Waals surface area contributed by atoms with Gasteiger partial charge in [0.25, 0.3) is 0 Å². The van der Waals surface area contributed by atoms with E-state index in [0.29, 0.717) is 0 Å². The number of hydrogen-bond donors (Lipinski definition) is 0. The molecule has 1 nitrogen and oxygen atoms in total. The third kappa shape index (κ3) is 0.996. The van der Waals surface area contributed by atoms with Crippen LogP contribution in [0.15, 0.2) is 12.3 Å². The van der Waals surface area contributed by atoms with Crippen molar-refractivity contribution in [3.63, 3.8) is 0 Å². The highest BCUT2D eigenvalue weighted by molar-refractivity contribution is 7.01. The molecule has 1 heterocycles. The summed E-state index contributed by atoms with van der Waals surface area (Å²) in [5.74, 6) is 0. The van der Waals surface area contributed by atoms with E-state index < -0.39 is 0 Å². The highest BCUT2D eigenvalue weighted by Crippen LogP contribution is 1.96. The van der Waals surface area contributed by atoms with Crippen molar-refractivity contribution in [3.05, 3.63) is 17.1 Å². The molecule has 0 unspecified atom stereocenters. The zero-order chi connectivity index (χ0) is 5.28. The van der Waals surface area contributed by atoms with Gasteiger partial charge in [0.15, 0.2) is 13.2 Å². The third-order valence-electron chi connectivity index (χ3n) is 0.807. The van der Waals surface area contributed by atoms with Crippen molar-refractivity contribution in [1.82, 2.24) is 0 Å². The number of aromatic nitrogens is 1. The van der Waals surface area contributed by atoms with E-state index in [2.05, 4.69) is 23.1 Å². The molecule has 0 fully saturated rings. The van der Waals surface area contributed by atoms with Crippen LogP contribution in [0.4, 0.5) is 0 Å². The van der Waals surface area contributed by atoms with Crippen molar-refractivity contribution in [1.29, 1.82) is 0 Å². The van der Waals surface area contributed by atoms with Gasteiger partial charge in [-0.15, -0.1) is 3.96 Å². The Morgan fingerprint density at radius 1 is 1.71 bits per heavy atom. The number of nitrogens with zero attached hydrogens (tertiary/aromatic N) is 1. The van der Waals surface area contributed by atoms with E-state index in [-0.39, 0.29) is 0 Å². The standard InChI is InChI=1S/C5H8NS/c1-5-3-4-6(2)7-5/h3-4H,1-2H3/q+1. The van der Waals surface area contributed by atoms with Gasteiger partial charge in [0.2, 0.25) is 0 Å². The second-order valence-electron chi connectivity index (χ2n) is 1.56. The van der Waals surface area contributed by atoms with E-state index in [1.807, 2.05) is 7.05 Å². The van der Waals surface area contributed by atoms with Crippen LogP contribution in [-0.2, 0) is 7.05 Å². The maximum absolute atomic E-state index is 2.10. The molecule has 7 heavy (non-hydrogen) atoms. The summed E-state index contributed by atoms with van der Waals surface area (Å²) < 4.78 is 2.08. The van der Waals surface area contributed by atoms with Gasteiger partial charge in [-0.25, -0.2) is 0 Å². The fourth-order valence-corrected chi connectivity index (χ4v) is 1.20. The normalized spacial score (nSPS) is 9.43. The topological polar surface area (TPSA) is 3.88 Å². The van der Waals surface area contributed by atoms with E-state index in [4.69, 9.17) is 0 Å². The minimum atomic E-state index is 1.36. The monoisotopic (exact) mass is 114 g/mol. The van der Waals surface area contributed by atoms with Gasteiger partial charge in [0.1, 0.15) is 11.5 Å². The molecule has 2 heteroatoms. The molecule has 0 saturated carbocycles. The van der Waals surface area contributed by atoms with Crippen molar-refractivity contribution >= 4 is 11.5 Å². The molecule has 0 aliphatic carbocycles. The lowest BCUT2D eigenvalue weighted by Crippen LogP contribution is -2.18. The van der Waals surface area contributed by atoms with E-state index in [1.165, 1.54) is 4.88 Å². The first-order valence-electron chi connectivity index (χ1n) is 2.21. The Morgan fingerprint density at radius 3 is 2.57 bits per heavy atom. The van der Waals surface area contributed by atoms with Gasteiger partial charge in [-0.1, -0.05) is 0 Å². The van der Waals surface area contributed by atoms with Crippen molar-refractivity contribution < 1.29 is 3.96 Å². The van der Waals surface area contributed by atoms with Crippen LogP contribution in [0.2, 0.25) is 0 Å². The highest BCUT2D eigenvalue weighted by Gasteiger charge is 1.92. The predicted octanol–water partition coefficient (Wildman–Crippen LogP) is 0.881. The minimum absolute atomic E-state index is 1.36. The zero-order valence-corrected chi connectivity index (χ0v) is 5.33. The Bertz CT molecular complexity index is 140. The summed E-state index contributed by atoms with van der Waals surface area (Å²) in [6.45, 7) is 2.10. The van der Waals surface area contributed by atoms with Crippen LogP contribution in [0.3, 0.4) is 0 Å². The van der Waals surface area contributed by atoms with E-state index >= 15 is 0 Å². The Hall–Kier alpha value is -0.370. The molecule has 1 aromatic rings. The van der Waals surface area contributed by atoms with Gasteiger partial charge in [0, 0.05) is 6.07 Å². The lowest BCUT2D eigenvalue weighted by molar-refractivity contribution is -0.600. The van der Waals surface area contributed by atoms with Crippen LogP contribution in [0.25, 0.3) is 0 Å². The molecule has 0 amide bonds. The van der Waals surface area contributed by atoms with Crippen molar-refractivity contribution in [2.75, 3.05) is 0 Å². The molecule has 0 radical (unpaired) electrons. The summed E-state index contributed by atoms with van der Waals surface area (Å²) >= 11 is 1.76. The summed E-state index contributed by atoms with van der Waals surface area (Å²) in [6, 6.07) is 2.10. The number of hydrogen-bond acceptors (Lipinski definition) is 1. The maximum atomic E-state index is 2.10. The minimum Gasteiger partial charge on any atom is -0.144 e. The Labute approximate surface area is 47.4 Å².